The summed E-state index contributed by atoms with van der Waals surface area (Å²) in [6, 6.07) is 5.23. The van der Waals surface area contributed by atoms with Crippen molar-refractivity contribution in [3.8, 4) is 11.6 Å². The number of hydrogen-bond donors (Lipinski definition) is 2. The number of nitrogens with zero attached hydrogens (tertiary/aromatic N) is 1. The first-order chi connectivity index (χ1) is 12.0. The van der Waals surface area contributed by atoms with Crippen LogP contribution in [0.3, 0.4) is 0 Å². The van der Waals surface area contributed by atoms with Crippen molar-refractivity contribution in [3.63, 3.8) is 0 Å². The number of pyridine rings is 1. The zero-order valence-electron chi connectivity index (χ0n) is 14.9. The molecule has 1 aromatic carbocycles. The van der Waals surface area contributed by atoms with E-state index in [0.29, 0.717) is 17.2 Å². The number of ether oxygens (including phenoxy) is 2. The van der Waals surface area contributed by atoms with Crippen molar-refractivity contribution < 1.29 is 14.3 Å². The van der Waals surface area contributed by atoms with E-state index in [1.165, 1.54) is 19.5 Å². The van der Waals surface area contributed by atoms with Crippen LogP contribution < -0.4 is 20.5 Å². The third kappa shape index (κ3) is 4.02. The van der Waals surface area contributed by atoms with Gasteiger partial charge in [0, 0.05) is 11.6 Å². The molecule has 1 amide bonds. The second kappa shape index (κ2) is 7.27. The Kier molecular flexibility index (Phi) is 5.08. The number of nitrogens with one attached hydrogen (secondary N) is 1. The van der Waals surface area contributed by atoms with Crippen LogP contribution in [0.2, 0.25) is 0 Å². The summed E-state index contributed by atoms with van der Waals surface area (Å²) in [6.45, 7) is 6.39. The summed E-state index contributed by atoms with van der Waals surface area (Å²) >= 11 is 0. The molecule has 1 aliphatic carbocycles. The van der Waals surface area contributed by atoms with Crippen molar-refractivity contribution in [1.82, 2.24) is 10.3 Å². The van der Waals surface area contributed by atoms with Gasteiger partial charge in [-0.1, -0.05) is 0 Å². The second-order valence-electron chi connectivity index (χ2n) is 6.83. The van der Waals surface area contributed by atoms with Crippen LogP contribution in [0.15, 0.2) is 24.4 Å². The summed E-state index contributed by atoms with van der Waals surface area (Å²) in [4.78, 5) is 15.6. The first kappa shape index (κ1) is 17.5. The predicted molar refractivity (Wildman–Crippen MR) is 97.0 cm³/mol. The van der Waals surface area contributed by atoms with Gasteiger partial charge < -0.3 is 20.5 Å². The minimum Gasteiger partial charge on any atom is -0.490 e. The molecule has 1 aromatic heterocycles. The van der Waals surface area contributed by atoms with Gasteiger partial charge in [-0.3, -0.25) is 4.79 Å². The van der Waals surface area contributed by atoms with Gasteiger partial charge in [0.2, 0.25) is 5.88 Å². The number of fused-ring (bicyclic) bond motifs is 2. The Morgan fingerprint density at radius 2 is 2.04 bits per heavy atom. The highest BCUT2D eigenvalue weighted by Crippen LogP contribution is 2.40. The number of carbonyl (C=O) groups is 1. The number of nitrogens with two attached hydrogens (primary N) is 1. The van der Waals surface area contributed by atoms with Crippen LogP contribution >= 0.6 is 0 Å². The Morgan fingerprint density at radius 1 is 1.32 bits per heavy atom. The number of hydrogen-bond acceptors (Lipinski definition) is 5. The average Bonchev–Trinajstić information content (AvgIpc) is 3.18. The highest BCUT2D eigenvalue weighted by Gasteiger charge is 2.40. The van der Waals surface area contributed by atoms with Crippen molar-refractivity contribution in [2.45, 2.75) is 26.4 Å². The molecule has 6 nitrogen and oxygen atoms in total. The van der Waals surface area contributed by atoms with E-state index in [4.69, 9.17) is 15.2 Å². The van der Waals surface area contributed by atoms with Gasteiger partial charge in [0.25, 0.3) is 5.91 Å². The van der Waals surface area contributed by atoms with Crippen molar-refractivity contribution in [1.29, 1.82) is 0 Å². The monoisotopic (exact) mass is 343 g/mol. The maximum atomic E-state index is 11.5. The van der Waals surface area contributed by atoms with Gasteiger partial charge in [0.1, 0.15) is 5.75 Å². The van der Waals surface area contributed by atoms with E-state index in [9.17, 15) is 4.79 Å². The van der Waals surface area contributed by atoms with Gasteiger partial charge in [0.05, 0.1) is 18.8 Å². The lowest BCUT2D eigenvalue weighted by molar-refractivity contribution is 0.0995. The van der Waals surface area contributed by atoms with E-state index in [0.717, 1.165) is 22.6 Å². The van der Waals surface area contributed by atoms with Crippen LogP contribution in [-0.2, 0) is 0 Å². The van der Waals surface area contributed by atoms with E-state index in [1.54, 1.807) is 31.5 Å². The van der Waals surface area contributed by atoms with E-state index < -0.39 is 5.91 Å². The van der Waals surface area contributed by atoms with Crippen molar-refractivity contribution in [2.75, 3.05) is 20.2 Å². The van der Waals surface area contributed by atoms with Gasteiger partial charge >= 0.3 is 0 Å². The van der Waals surface area contributed by atoms with Crippen molar-refractivity contribution in [2.24, 2.45) is 17.6 Å². The number of methoxy groups -OCH3 is 1. The number of amides is 1. The molecule has 6 heteroatoms. The Balaban J connectivity index is 0.000000250. The van der Waals surface area contributed by atoms with Crippen molar-refractivity contribution >= 4 is 16.7 Å². The molecule has 1 saturated heterocycles. The van der Waals surface area contributed by atoms with Gasteiger partial charge in [-0.2, -0.15) is 0 Å². The third-order valence-electron chi connectivity index (χ3n) is 4.53. The van der Waals surface area contributed by atoms with Crippen LogP contribution in [0.25, 0.3) is 10.8 Å². The summed E-state index contributed by atoms with van der Waals surface area (Å²) in [7, 11) is 1.55. The number of benzene rings is 1. The highest BCUT2D eigenvalue weighted by atomic mass is 16.5. The van der Waals surface area contributed by atoms with Gasteiger partial charge in [0.15, 0.2) is 0 Å². The topological polar surface area (TPSA) is 86.5 Å². The largest absolute Gasteiger partial charge is 0.490 e. The fourth-order valence-electron chi connectivity index (χ4n) is 3.15. The Hall–Kier alpha value is -2.34. The Labute approximate surface area is 147 Å². The Bertz CT molecular complexity index is 768. The normalized spacial score (nSPS) is 20.6. The maximum Gasteiger partial charge on any atom is 0.252 e. The zero-order valence-corrected chi connectivity index (χ0v) is 14.9. The molecule has 25 heavy (non-hydrogen) atoms. The molecule has 2 fully saturated rings. The first-order valence-electron chi connectivity index (χ1n) is 8.63. The summed E-state index contributed by atoms with van der Waals surface area (Å²) in [5, 5.41) is 4.94. The molecule has 3 N–H and O–H groups in total. The van der Waals surface area contributed by atoms with Gasteiger partial charge in [-0.25, -0.2) is 4.98 Å². The van der Waals surface area contributed by atoms with Crippen LogP contribution in [0.5, 0.6) is 11.6 Å². The van der Waals surface area contributed by atoms with Gasteiger partial charge in [-0.15, -0.1) is 0 Å². The SMILES string of the molecule is C1NC[C@@H]2CC12.COc1nccc2cc(C(N)=O)c(OC(C)C)cc12. The standard InChI is InChI=1S/C14H16N2O3.C5H9N/c1-8(2)19-12-7-10-9(6-11(12)13(15)17)4-5-16-14(10)18-3;1-4-2-6-3-5(1)4/h4-8H,1-3H3,(H2,15,17);4-6H,1-3H2/t;4-,5?/m.0/s1. The minimum absolute atomic E-state index is 0.0572. The van der Waals surface area contributed by atoms with E-state index >= 15 is 0 Å². The smallest absolute Gasteiger partial charge is 0.252 e. The number of carbonyl (C=O) groups excluding carboxylic acids is 1. The van der Waals surface area contributed by atoms with Crippen molar-refractivity contribution in [3.05, 3.63) is 30.0 Å². The van der Waals surface area contributed by atoms with Crippen LogP contribution in [-0.4, -0.2) is 37.2 Å². The number of primary amides is 1. The molecule has 1 aliphatic heterocycles. The summed E-state index contributed by atoms with van der Waals surface area (Å²) in [6.07, 6.45) is 3.08. The molecule has 2 aliphatic rings. The summed E-state index contributed by atoms with van der Waals surface area (Å²) < 4.78 is 10.8. The Morgan fingerprint density at radius 3 is 2.52 bits per heavy atom. The maximum absolute atomic E-state index is 11.5. The summed E-state index contributed by atoms with van der Waals surface area (Å²) in [5.74, 6) is 2.62. The lowest BCUT2D eigenvalue weighted by Gasteiger charge is -2.14. The highest BCUT2D eigenvalue weighted by molar-refractivity contribution is 6.01. The molecule has 0 spiro atoms. The lowest BCUT2D eigenvalue weighted by Crippen LogP contribution is -2.15. The molecule has 0 bridgehead atoms. The molecular formula is C19H25N3O3. The second-order valence-corrected chi connectivity index (χ2v) is 6.83. The average molecular weight is 343 g/mol. The number of aromatic nitrogens is 1. The fraction of sp³-hybridized carbons (Fsp3) is 0.474. The molecule has 2 aromatic rings. The predicted octanol–water partition coefficient (Wildman–Crippen LogP) is 2.36. The van der Waals surface area contributed by atoms with E-state index in [1.807, 2.05) is 13.8 Å². The quantitative estimate of drug-likeness (QED) is 0.890. The fourth-order valence-corrected chi connectivity index (χ4v) is 3.15. The zero-order chi connectivity index (χ0) is 18.0. The minimum atomic E-state index is -0.520. The summed E-state index contributed by atoms with van der Waals surface area (Å²) in [5.41, 5.74) is 5.74. The first-order valence-corrected chi connectivity index (χ1v) is 8.63. The van der Waals surface area contributed by atoms with Crippen LogP contribution in [0.4, 0.5) is 0 Å². The third-order valence-corrected chi connectivity index (χ3v) is 4.53. The molecule has 0 radical (unpaired) electrons. The lowest BCUT2D eigenvalue weighted by atomic mass is 10.1. The van der Waals surface area contributed by atoms with Gasteiger partial charge in [-0.05, 0) is 68.8 Å². The molecule has 1 saturated carbocycles. The molecular weight excluding hydrogens is 318 g/mol. The van der Waals surface area contributed by atoms with Crippen LogP contribution in [0.1, 0.15) is 30.6 Å². The molecule has 1 unspecified atom stereocenters. The molecule has 2 atom stereocenters. The number of piperidine rings is 1. The van der Waals surface area contributed by atoms with Crippen LogP contribution in [0, 0.1) is 11.8 Å². The number of rotatable bonds is 4. The van der Waals surface area contributed by atoms with E-state index in [2.05, 4.69) is 10.3 Å². The molecule has 134 valence electrons. The molecule has 4 rings (SSSR count). The molecule has 2 heterocycles. The van der Waals surface area contributed by atoms with E-state index in [-0.39, 0.29) is 6.10 Å².